The van der Waals surface area contributed by atoms with Gasteiger partial charge in [0.05, 0.1) is 13.7 Å². The van der Waals surface area contributed by atoms with Gasteiger partial charge in [0.2, 0.25) is 5.91 Å². The number of benzene rings is 1. The van der Waals surface area contributed by atoms with Crippen molar-refractivity contribution < 1.29 is 13.9 Å². The number of nitrogens with one attached hydrogen (secondary N) is 1. The summed E-state index contributed by atoms with van der Waals surface area (Å²) < 4.78 is 18.6. The number of rotatable bonds is 9. The lowest BCUT2D eigenvalue weighted by molar-refractivity contribution is -0.122. The molecule has 0 fully saturated rings. The van der Waals surface area contributed by atoms with Gasteiger partial charge in [-0.05, 0) is 37.1 Å². The highest BCUT2D eigenvalue weighted by molar-refractivity contribution is 5.77. The lowest BCUT2D eigenvalue weighted by Crippen LogP contribution is -2.37. The standard InChI is InChI=1S/C16H25FN2O2/c1-4-8-18-16(20)12-19(9-5-2)11-13-6-7-15(21-3)14(17)10-13/h6-7,10H,4-5,8-9,11-12H2,1-3H3,(H,18,20). The molecular formula is C16H25FN2O2. The number of ether oxygens (including phenoxy) is 1. The zero-order chi connectivity index (χ0) is 15.7. The van der Waals surface area contributed by atoms with E-state index in [-0.39, 0.29) is 17.5 Å². The molecule has 0 spiro atoms. The second kappa shape index (κ2) is 9.34. The van der Waals surface area contributed by atoms with Gasteiger partial charge >= 0.3 is 0 Å². The molecule has 0 aliphatic carbocycles. The minimum absolute atomic E-state index is 0.0132. The van der Waals surface area contributed by atoms with E-state index in [1.54, 1.807) is 6.07 Å². The first kappa shape index (κ1) is 17.4. The summed E-state index contributed by atoms with van der Waals surface area (Å²) in [5.41, 5.74) is 0.838. The van der Waals surface area contributed by atoms with Crippen LogP contribution in [-0.2, 0) is 11.3 Å². The van der Waals surface area contributed by atoms with Gasteiger partial charge in [-0.3, -0.25) is 9.69 Å². The van der Waals surface area contributed by atoms with Gasteiger partial charge in [0.1, 0.15) is 0 Å². The molecule has 1 aromatic rings. The van der Waals surface area contributed by atoms with Crippen LogP contribution < -0.4 is 10.1 Å². The van der Waals surface area contributed by atoms with Gasteiger partial charge in [-0.15, -0.1) is 0 Å². The molecule has 1 amide bonds. The van der Waals surface area contributed by atoms with Crippen LogP contribution in [0, 0.1) is 5.82 Å². The van der Waals surface area contributed by atoms with Crippen LogP contribution in [0.5, 0.6) is 5.75 Å². The predicted molar refractivity (Wildman–Crippen MR) is 81.8 cm³/mol. The molecule has 0 aliphatic heterocycles. The second-order valence-corrected chi connectivity index (χ2v) is 5.03. The summed E-state index contributed by atoms with van der Waals surface area (Å²) in [6, 6.07) is 4.91. The van der Waals surface area contributed by atoms with Crippen molar-refractivity contribution in [2.24, 2.45) is 0 Å². The highest BCUT2D eigenvalue weighted by Crippen LogP contribution is 2.18. The number of carbonyl (C=O) groups is 1. The first-order valence-corrected chi connectivity index (χ1v) is 7.42. The Labute approximate surface area is 126 Å². The summed E-state index contributed by atoms with van der Waals surface area (Å²) in [6.45, 7) is 6.45. The summed E-state index contributed by atoms with van der Waals surface area (Å²) >= 11 is 0. The molecular weight excluding hydrogens is 271 g/mol. The van der Waals surface area contributed by atoms with Crippen LogP contribution in [0.4, 0.5) is 4.39 Å². The molecule has 21 heavy (non-hydrogen) atoms. The lowest BCUT2D eigenvalue weighted by atomic mass is 10.2. The molecule has 0 aliphatic rings. The van der Waals surface area contributed by atoms with Crippen molar-refractivity contribution in [3.05, 3.63) is 29.6 Å². The number of nitrogens with zero attached hydrogens (tertiary/aromatic N) is 1. The Morgan fingerprint density at radius 1 is 1.33 bits per heavy atom. The number of hydrogen-bond acceptors (Lipinski definition) is 3. The maximum absolute atomic E-state index is 13.7. The zero-order valence-corrected chi connectivity index (χ0v) is 13.1. The van der Waals surface area contributed by atoms with Gasteiger partial charge in [-0.1, -0.05) is 19.9 Å². The van der Waals surface area contributed by atoms with E-state index >= 15 is 0 Å². The average Bonchev–Trinajstić information content (AvgIpc) is 2.45. The highest BCUT2D eigenvalue weighted by atomic mass is 19.1. The molecule has 0 atom stereocenters. The van der Waals surface area contributed by atoms with Crippen LogP contribution in [0.15, 0.2) is 18.2 Å². The van der Waals surface area contributed by atoms with Crippen LogP contribution in [0.3, 0.4) is 0 Å². The number of carbonyl (C=O) groups excluding carboxylic acids is 1. The Morgan fingerprint density at radius 3 is 2.67 bits per heavy atom. The molecule has 118 valence electrons. The summed E-state index contributed by atoms with van der Waals surface area (Å²) in [7, 11) is 1.44. The van der Waals surface area contributed by atoms with Gasteiger partial charge in [-0.25, -0.2) is 4.39 Å². The van der Waals surface area contributed by atoms with Crippen molar-refractivity contribution in [1.29, 1.82) is 0 Å². The van der Waals surface area contributed by atoms with Gasteiger partial charge in [0.15, 0.2) is 11.6 Å². The van der Waals surface area contributed by atoms with Crippen molar-refractivity contribution in [1.82, 2.24) is 10.2 Å². The predicted octanol–water partition coefficient (Wildman–Crippen LogP) is 2.57. The van der Waals surface area contributed by atoms with Gasteiger partial charge in [0, 0.05) is 13.1 Å². The van der Waals surface area contributed by atoms with Gasteiger partial charge in [-0.2, -0.15) is 0 Å². The zero-order valence-electron chi connectivity index (χ0n) is 13.1. The molecule has 0 bridgehead atoms. The molecule has 1 aromatic carbocycles. The third-order valence-corrected chi connectivity index (χ3v) is 3.10. The Bertz CT molecular complexity index is 452. The monoisotopic (exact) mass is 296 g/mol. The minimum atomic E-state index is -0.373. The highest BCUT2D eigenvalue weighted by Gasteiger charge is 2.11. The Balaban J connectivity index is 2.64. The van der Waals surface area contributed by atoms with E-state index in [0.717, 1.165) is 24.9 Å². The van der Waals surface area contributed by atoms with Gasteiger partial charge < -0.3 is 10.1 Å². The van der Waals surface area contributed by atoms with E-state index < -0.39 is 0 Å². The smallest absolute Gasteiger partial charge is 0.234 e. The van der Waals surface area contributed by atoms with E-state index in [1.165, 1.54) is 13.2 Å². The second-order valence-electron chi connectivity index (χ2n) is 5.03. The van der Waals surface area contributed by atoms with Crippen molar-refractivity contribution >= 4 is 5.91 Å². The summed E-state index contributed by atoms with van der Waals surface area (Å²) in [5.74, 6) is -0.123. The molecule has 0 unspecified atom stereocenters. The Morgan fingerprint density at radius 2 is 2.10 bits per heavy atom. The molecule has 0 saturated heterocycles. The number of hydrogen-bond donors (Lipinski definition) is 1. The number of amides is 1. The molecule has 5 heteroatoms. The largest absolute Gasteiger partial charge is 0.494 e. The fourth-order valence-corrected chi connectivity index (χ4v) is 2.12. The summed E-state index contributed by atoms with van der Waals surface area (Å²) in [5, 5.41) is 2.86. The Kier molecular flexibility index (Phi) is 7.75. The molecule has 1 N–H and O–H groups in total. The number of halogens is 1. The maximum Gasteiger partial charge on any atom is 0.234 e. The van der Waals surface area contributed by atoms with Crippen LogP contribution in [0.25, 0.3) is 0 Å². The van der Waals surface area contributed by atoms with E-state index in [9.17, 15) is 9.18 Å². The maximum atomic E-state index is 13.7. The van der Waals surface area contributed by atoms with Crippen molar-refractivity contribution in [2.45, 2.75) is 33.2 Å². The molecule has 4 nitrogen and oxygen atoms in total. The van der Waals surface area contributed by atoms with E-state index in [2.05, 4.69) is 12.2 Å². The van der Waals surface area contributed by atoms with Gasteiger partial charge in [0.25, 0.3) is 0 Å². The Hall–Kier alpha value is -1.62. The van der Waals surface area contributed by atoms with Crippen molar-refractivity contribution in [2.75, 3.05) is 26.7 Å². The molecule has 0 heterocycles. The first-order chi connectivity index (χ1) is 10.1. The molecule has 0 saturated carbocycles. The fraction of sp³-hybridized carbons (Fsp3) is 0.562. The quantitative estimate of drug-likeness (QED) is 0.761. The van der Waals surface area contributed by atoms with E-state index in [1.807, 2.05) is 17.9 Å². The lowest BCUT2D eigenvalue weighted by Gasteiger charge is -2.21. The summed E-state index contributed by atoms with van der Waals surface area (Å²) in [4.78, 5) is 13.8. The van der Waals surface area contributed by atoms with Crippen LogP contribution in [0.2, 0.25) is 0 Å². The van der Waals surface area contributed by atoms with E-state index in [0.29, 0.717) is 19.6 Å². The van der Waals surface area contributed by atoms with Crippen LogP contribution >= 0.6 is 0 Å². The van der Waals surface area contributed by atoms with Crippen molar-refractivity contribution in [3.63, 3.8) is 0 Å². The van der Waals surface area contributed by atoms with E-state index in [4.69, 9.17) is 4.74 Å². The third-order valence-electron chi connectivity index (χ3n) is 3.10. The summed E-state index contributed by atoms with van der Waals surface area (Å²) in [6.07, 6.45) is 1.86. The molecule has 0 aromatic heterocycles. The molecule has 0 radical (unpaired) electrons. The molecule has 1 rings (SSSR count). The SMILES string of the molecule is CCCNC(=O)CN(CCC)Cc1ccc(OC)c(F)c1. The fourth-order valence-electron chi connectivity index (χ4n) is 2.12. The third kappa shape index (κ3) is 6.12. The average molecular weight is 296 g/mol. The number of methoxy groups -OCH3 is 1. The van der Waals surface area contributed by atoms with Crippen LogP contribution in [-0.4, -0.2) is 37.6 Å². The van der Waals surface area contributed by atoms with Crippen molar-refractivity contribution in [3.8, 4) is 5.75 Å². The van der Waals surface area contributed by atoms with Crippen LogP contribution in [0.1, 0.15) is 32.3 Å². The normalized spacial score (nSPS) is 10.7. The topological polar surface area (TPSA) is 41.6 Å². The minimum Gasteiger partial charge on any atom is -0.494 e. The first-order valence-electron chi connectivity index (χ1n) is 7.42.